The first-order valence-corrected chi connectivity index (χ1v) is 6.11. The number of ether oxygens (including phenoxy) is 2. The Morgan fingerprint density at radius 3 is 3.12 bits per heavy atom. The molecule has 2 heterocycles. The molecule has 1 saturated heterocycles. The van der Waals surface area contributed by atoms with Crippen molar-refractivity contribution in [3.63, 3.8) is 0 Å². The van der Waals surface area contributed by atoms with Crippen LogP contribution in [0.1, 0.15) is 12.8 Å². The van der Waals surface area contributed by atoms with Gasteiger partial charge in [-0.1, -0.05) is 0 Å². The number of nitrogens with zero attached hydrogens (tertiary/aromatic N) is 1. The van der Waals surface area contributed by atoms with E-state index in [1.54, 1.807) is 7.11 Å². The predicted octanol–water partition coefficient (Wildman–Crippen LogP) is 2.83. The van der Waals surface area contributed by atoms with Gasteiger partial charge in [0, 0.05) is 30.3 Å². The largest absolute Gasteiger partial charge is 0.497 e. The second-order valence-corrected chi connectivity index (χ2v) is 4.53. The molecule has 1 aromatic carbocycles. The second kappa shape index (κ2) is 4.41. The fraction of sp³-hybridized carbons (Fsp3) is 0.429. The van der Waals surface area contributed by atoms with E-state index in [1.165, 1.54) is 23.7 Å². The van der Waals surface area contributed by atoms with Crippen LogP contribution in [0, 0.1) is 0 Å². The van der Waals surface area contributed by atoms with Gasteiger partial charge in [-0.15, -0.1) is 0 Å². The van der Waals surface area contributed by atoms with Gasteiger partial charge < -0.3 is 14.0 Å². The first-order chi connectivity index (χ1) is 8.36. The maximum Gasteiger partial charge on any atom is 0.119 e. The van der Waals surface area contributed by atoms with Crippen LogP contribution in [-0.2, 0) is 11.3 Å². The Morgan fingerprint density at radius 1 is 1.41 bits per heavy atom. The van der Waals surface area contributed by atoms with E-state index in [9.17, 15) is 0 Å². The van der Waals surface area contributed by atoms with Crippen molar-refractivity contribution in [2.45, 2.75) is 25.5 Å². The van der Waals surface area contributed by atoms with Crippen molar-refractivity contribution in [1.29, 1.82) is 0 Å². The number of fused-ring (bicyclic) bond motifs is 1. The van der Waals surface area contributed by atoms with Crippen molar-refractivity contribution in [1.82, 2.24) is 4.57 Å². The van der Waals surface area contributed by atoms with E-state index in [2.05, 4.69) is 29.0 Å². The van der Waals surface area contributed by atoms with Crippen molar-refractivity contribution in [3.05, 3.63) is 30.5 Å². The fourth-order valence-electron chi connectivity index (χ4n) is 2.47. The Bertz CT molecular complexity index is 512. The minimum Gasteiger partial charge on any atom is -0.497 e. The Morgan fingerprint density at radius 2 is 2.35 bits per heavy atom. The number of methoxy groups -OCH3 is 1. The molecule has 3 rings (SSSR count). The van der Waals surface area contributed by atoms with Crippen LogP contribution in [0.25, 0.3) is 10.9 Å². The van der Waals surface area contributed by atoms with Gasteiger partial charge in [0.05, 0.1) is 13.2 Å². The van der Waals surface area contributed by atoms with Crippen molar-refractivity contribution in [2.75, 3.05) is 13.7 Å². The predicted molar refractivity (Wildman–Crippen MR) is 67.5 cm³/mol. The minimum atomic E-state index is 0.382. The summed E-state index contributed by atoms with van der Waals surface area (Å²) >= 11 is 0. The number of hydrogen-bond acceptors (Lipinski definition) is 2. The monoisotopic (exact) mass is 231 g/mol. The van der Waals surface area contributed by atoms with Crippen LogP contribution in [0.5, 0.6) is 5.75 Å². The molecule has 0 aliphatic carbocycles. The third-order valence-electron chi connectivity index (χ3n) is 3.40. The zero-order valence-electron chi connectivity index (χ0n) is 10.1. The van der Waals surface area contributed by atoms with Crippen LogP contribution in [0.4, 0.5) is 0 Å². The number of rotatable bonds is 3. The molecule has 2 aromatic rings. The summed E-state index contributed by atoms with van der Waals surface area (Å²) in [5.74, 6) is 0.910. The van der Waals surface area contributed by atoms with Crippen molar-refractivity contribution in [2.24, 2.45) is 0 Å². The topological polar surface area (TPSA) is 23.4 Å². The molecule has 1 atom stereocenters. The first-order valence-electron chi connectivity index (χ1n) is 6.11. The molecular weight excluding hydrogens is 214 g/mol. The van der Waals surface area contributed by atoms with Gasteiger partial charge >= 0.3 is 0 Å². The molecule has 1 aromatic heterocycles. The van der Waals surface area contributed by atoms with Crippen LogP contribution in [-0.4, -0.2) is 24.4 Å². The van der Waals surface area contributed by atoms with Gasteiger partial charge in [-0.3, -0.25) is 0 Å². The van der Waals surface area contributed by atoms with Gasteiger partial charge in [0.1, 0.15) is 5.75 Å². The molecule has 17 heavy (non-hydrogen) atoms. The molecule has 0 bridgehead atoms. The summed E-state index contributed by atoms with van der Waals surface area (Å²) in [4.78, 5) is 0. The summed E-state index contributed by atoms with van der Waals surface area (Å²) in [5, 5.41) is 1.22. The number of benzene rings is 1. The van der Waals surface area contributed by atoms with E-state index >= 15 is 0 Å². The highest BCUT2D eigenvalue weighted by atomic mass is 16.5. The lowest BCUT2D eigenvalue weighted by atomic mass is 10.2. The molecule has 0 N–H and O–H groups in total. The van der Waals surface area contributed by atoms with E-state index in [-0.39, 0.29) is 0 Å². The van der Waals surface area contributed by atoms with Crippen molar-refractivity contribution < 1.29 is 9.47 Å². The van der Waals surface area contributed by atoms with Crippen LogP contribution in [0.3, 0.4) is 0 Å². The Balaban J connectivity index is 1.89. The van der Waals surface area contributed by atoms with Crippen LogP contribution in [0.2, 0.25) is 0 Å². The average Bonchev–Trinajstić information content (AvgIpc) is 2.99. The Hall–Kier alpha value is -1.48. The summed E-state index contributed by atoms with van der Waals surface area (Å²) in [6.45, 7) is 1.87. The number of hydrogen-bond donors (Lipinski definition) is 0. The minimum absolute atomic E-state index is 0.382. The zero-order chi connectivity index (χ0) is 11.7. The van der Waals surface area contributed by atoms with Gasteiger partial charge in [-0.25, -0.2) is 0 Å². The van der Waals surface area contributed by atoms with Crippen LogP contribution in [0.15, 0.2) is 30.5 Å². The maximum absolute atomic E-state index is 5.67. The highest BCUT2D eigenvalue weighted by Gasteiger charge is 2.16. The van der Waals surface area contributed by atoms with E-state index < -0.39 is 0 Å². The fourth-order valence-corrected chi connectivity index (χ4v) is 2.47. The smallest absolute Gasteiger partial charge is 0.119 e. The maximum atomic E-state index is 5.67. The summed E-state index contributed by atoms with van der Waals surface area (Å²) < 4.78 is 13.2. The third kappa shape index (κ3) is 2.03. The van der Waals surface area contributed by atoms with Crippen molar-refractivity contribution >= 4 is 10.9 Å². The molecule has 1 unspecified atom stereocenters. The van der Waals surface area contributed by atoms with Crippen LogP contribution >= 0.6 is 0 Å². The average molecular weight is 231 g/mol. The van der Waals surface area contributed by atoms with Gasteiger partial charge in [-0.2, -0.15) is 0 Å². The van der Waals surface area contributed by atoms with E-state index in [1.807, 2.05) is 6.07 Å². The van der Waals surface area contributed by atoms with Crippen molar-refractivity contribution in [3.8, 4) is 5.75 Å². The molecule has 1 aliphatic rings. The highest BCUT2D eigenvalue weighted by molar-refractivity contribution is 5.81. The van der Waals surface area contributed by atoms with E-state index in [4.69, 9.17) is 9.47 Å². The van der Waals surface area contributed by atoms with Gasteiger partial charge in [-0.05, 0) is 37.1 Å². The number of aromatic nitrogens is 1. The standard InChI is InChI=1S/C14H17NO2/c1-16-12-4-5-14-11(9-12)6-7-15(14)10-13-3-2-8-17-13/h4-7,9,13H,2-3,8,10H2,1H3. The molecule has 3 heteroatoms. The second-order valence-electron chi connectivity index (χ2n) is 4.53. The van der Waals surface area contributed by atoms with E-state index in [0.717, 1.165) is 18.9 Å². The molecule has 90 valence electrons. The normalized spacial score (nSPS) is 19.9. The highest BCUT2D eigenvalue weighted by Crippen LogP contribution is 2.23. The lowest BCUT2D eigenvalue weighted by Gasteiger charge is -2.11. The molecule has 0 radical (unpaired) electrons. The molecule has 0 saturated carbocycles. The lowest BCUT2D eigenvalue weighted by Crippen LogP contribution is -2.13. The molecule has 1 aliphatic heterocycles. The molecule has 0 amide bonds. The SMILES string of the molecule is COc1ccc2c(ccn2CC2CCCO2)c1. The summed E-state index contributed by atoms with van der Waals surface area (Å²) in [6.07, 6.45) is 4.88. The molecule has 0 spiro atoms. The summed E-state index contributed by atoms with van der Waals surface area (Å²) in [5.41, 5.74) is 1.25. The summed E-state index contributed by atoms with van der Waals surface area (Å²) in [7, 11) is 1.70. The molecule has 1 fully saturated rings. The summed E-state index contributed by atoms with van der Waals surface area (Å²) in [6, 6.07) is 8.33. The molecular formula is C14H17NO2. The van der Waals surface area contributed by atoms with Crippen LogP contribution < -0.4 is 4.74 Å². The van der Waals surface area contributed by atoms with Gasteiger partial charge in [0.2, 0.25) is 0 Å². The first kappa shape index (κ1) is 10.7. The Kier molecular flexibility index (Phi) is 2.77. The quantitative estimate of drug-likeness (QED) is 0.811. The van der Waals surface area contributed by atoms with E-state index in [0.29, 0.717) is 6.10 Å². The zero-order valence-corrected chi connectivity index (χ0v) is 10.1. The van der Waals surface area contributed by atoms with Gasteiger partial charge in [0.15, 0.2) is 0 Å². The lowest BCUT2D eigenvalue weighted by molar-refractivity contribution is 0.0980. The van der Waals surface area contributed by atoms with Gasteiger partial charge in [0.25, 0.3) is 0 Å². The molecule has 3 nitrogen and oxygen atoms in total. The Labute approximate surface area is 101 Å². The third-order valence-corrected chi connectivity index (χ3v) is 3.40.